The number of carbonyl (C=O) groups is 2. The Morgan fingerprint density at radius 2 is 1.79 bits per heavy atom. The molecule has 0 bridgehead atoms. The molecule has 0 saturated carbocycles. The maximum absolute atomic E-state index is 11.6. The van der Waals surface area contributed by atoms with Gasteiger partial charge >= 0.3 is 5.97 Å². The second kappa shape index (κ2) is 6.30. The Morgan fingerprint density at radius 3 is 2.26 bits per heavy atom. The van der Waals surface area contributed by atoms with Crippen molar-refractivity contribution in [2.45, 2.75) is 18.2 Å². The molecule has 0 aliphatic carbocycles. The summed E-state index contributed by atoms with van der Waals surface area (Å²) in [5.74, 6) is -1.90. The molecule has 0 unspecified atom stereocenters. The van der Waals surface area contributed by atoms with Gasteiger partial charge < -0.3 is 10.4 Å². The van der Waals surface area contributed by atoms with Gasteiger partial charge in [-0.15, -0.1) is 0 Å². The second-order valence-electron chi connectivity index (χ2n) is 3.64. The molecular weight excluding hydrogens is 272 g/mol. The Morgan fingerprint density at radius 1 is 1.21 bits per heavy atom. The topological polar surface area (TPSA) is 113 Å². The average molecular weight is 286 g/mol. The molecule has 0 aromatic heterocycles. The summed E-state index contributed by atoms with van der Waals surface area (Å²) < 4.78 is 25.6. The van der Waals surface area contributed by atoms with Crippen LogP contribution in [0.5, 0.6) is 0 Å². The van der Waals surface area contributed by atoms with Crippen LogP contribution in [0.15, 0.2) is 29.2 Å². The standard InChI is InChI=1S/C11H14N2O5S/c1-2-12-19(17,18)9-5-3-8(4-6-9)13-10(14)7-11(15)16/h3-6,12H,2,7H2,1H3,(H,13,14)(H,15,16). The van der Waals surface area contributed by atoms with Crippen molar-refractivity contribution in [2.75, 3.05) is 11.9 Å². The zero-order valence-corrected chi connectivity index (χ0v) is 11.0. The Bertz CT molecular complexity index is 565. The van der Waals surface area contributed by atoms with Gasteiger partial charge in [0.05, 0.1) is 4.90 Å². The highest BCUT2D eigenvalue weighted by Gasteiger charge is 2.13. The molecule has 3 N–H and O–H groups in total. The summed E-state index contributed by atoms with van der Waals surface area (Å²) in [4.78, 5) is 21.6. The van der Waals surface area contributed by atoms with Crippen LogP contribution < -0.4 is 10.0 Å². The van der Waals surface area contributed by atoms with Gasteiger partial charge in [0.2, 0.25) is 15.9 Å². The molecule has 0 spiro atoms. The quantitative estimate of drug-likeness (QED) is 0.655. The molecule has 0 fully saturated rings. The summed E-state index contributed by atoms with van der Waals surface area (Å²) in [5.41, 5.74) is 0.335. The number of carboxylic acids is 1. The molecule has 7 nitrogen and oxygen atoms in total. The van der Waals surface area contributed by atoms with Crippen molar-refractivity contribution < 1.29 is 23.1 Å². The average Bonchev–Trinajstić information content (AvgIpc) is 2.28. The molecule has 1 amide bonds. The summed E-state index contributed by atoms with van der Waals surface area (Å²) >= 11 is 0. The van der Waals surface area contributed by atoms with Crippen LogP contribution in [0.4, 0.5) is 5.69 Å². The molecule has 104 valence electrons. The molecule has 1 aromatic carbocycles. The van der Waals surface area contributed by atoms with Crippen molar-refractivity contribution in [1.82, 2.24) is 4.72 Å². The molecule has 8 heteroatoms. The number of carboxylic acid groups (broad SMARTS) is 1. The van der Waals surface area contributed by atoms with E-state index >= 15 is 0 Å². The summed E-state index contributed by atoms with van der Waals surface area (Å²) in [6.07, 6.45) is -0.641. The molecule has 0 heterocycles. The van der Waals surface area contributed by atoms with Gasteiger partial charge in [-0.25, -0.2) is 13.1 Å². The van der Waals surface area contributed by atoms with Crippen LogP contribution in [0.1, 0.15) is 13.3 Å². The third-order valence-electron chi connectivity index (χ3n) is 2.09. The van der Waals surface area contributed by atoms with Crippen molar-refractivity contribution in [1.29, 1.82) is 0 Å². The lowest BCUT2D eigenvalue weighted by molar-refractivity contribution is -0.139. The van der Waals surface area contributed by atoms with Crippen LogP contribution in [0.2, 0.25) is 0 Å². The van der Waals surface area contributed by atoms with Crippen molar-refractivity contribution in [2.24, 2.45) is 0 Å². The van der Waals surface area contributed by atoms with E-state index in [4.69, 9.17) is 5.11 Å². The first-order valence-corrected chi connectivity index (χ1v) is 6.95. The Balaban J connectivity index is 2.77. The van der Waals surface area contributed by atoms with E-state index in [1.54, 1.807) is 6.92 Å². The molecule has 0 aliphatic rings. The number of hydrogen-bond acceptors (Lipinski definition) is 4. The summed E-state index contributed by atoms with van der Waals surface area (Å²) in [7, 11) is -3.53. The van der Waals surface area contributed by atoms with Gasteiger partial charge in [0.25, 0.3) is 0 Å². The smallest absolute Gasteiger partial charge is 0.312 e. The number of rotatable bonds is 6. The van der Waals surface area contributed by atoms with Crippen LogP contribution in [0, 0.1) is 0 Å². The molecule has 0 atom stereocenters. The molecule has 0 aliphatic heterocycles. The van der Waals surface area contributed by atoms with Gasteiger partial charge in [0, 0.05) is 12.2 Å². The zero-order valence-electron chi connectivity index (χ0n) is 10.2. The summed E-state index contributed by atoms with van der Waals surface area (Å²) in [6, 6.07) is 5.44. The van der Waals surface area contributed by atoms with Gasteiger partial charge in [0.15, 0.2) is 0 Å². The number of sulfonamides is 1. The Hall–Kier alpha value is -1.93. The third-order valence-corrected chi connectivity index (χ3v) is 3.66. The number of benzene rings is 1. The monoisotopic (exact) mass is 286 g/mol. The van der Waals surface area contributed by atoms with Gasteiger partial charge in [-0.3, -0.25) is 9.59 Å². The normalized spacial score (nSPS) is 11.0. The van der Waals surface area contributed by atoms with Crippen molar-refractivity contribution in [3.63, 3.8) is 0 Å². The molecule has 0 radical (unpaired) electrons. The van der Waals surface area contributed by atoms with Crippen LogP contribution in [-0.4, -0.2) is 31.9 Å². The minimum absolute atomic E-state index is 0.0746. The van der Waals surface area contributed by atoms with Crippen LogP contribution in [0.3, 0.4) is 0 Å². The summed E-state index contributed by atoms with van der Waals surface area (Å²) in [6.45, 7) is 1.94. The first kappa shape index (κ1) is 15.1. The fourth-order valence-corrected chi connectivity index (χ4v) is 2.37. The lowest BCUT2D eigenvalue weighted by Gasteiger charge is -2.06. The Kier molecular flexibility index (Phi) is 5.02. The molecule has 1 rings (SSSR count). The van der Waals surface area contributed by atoms with Crippen LogP contribution >= 0.6 is 0 Å². The van der Waals surface area contributed by atoms with E-state index in [0.29, 0.717) is 5.69 Å². The molecular formula is C11H14N2O5S. The Labute approximate surface area is 110 Å². The van der Waals surface area contributed by atoms with Crippen molar-refractivity contribution in [3.05, 3.63) is 24.3 Å². The number of hydrogen-bond donors (Lipinski definition) is 3. The first-order chi connectivity index (χ1) is 8.85. The van der Waals surface area contributed by atoms with Gasteiger partial charge in [0.1, 0.15) is 6.42 Å². The molecule has 19 heavy (non-hydrogen) atoms. The van der Waals surface area contributed by atoms with Crippen LogP contribution in [-0.2, 0) is 19.6 Å². The number of carbonyl (C=O) groups excluding carboxylic acids is 1. The van der Waals surface area contributed by atoms with Crippen molar-refractivity contribution in [3.8, 4) is 0 Å². The largest absolute Gasteiger partial charge is 0.481 e. The predicted octanol–water partition coefficient (Wildman–Crippen LogP) is 0.398. The lowest BCUT2D eigenvalue weighted by Crippen LogP contribution is -2.23. The minimum Gasteiger partial charge on any atom is -0.481 e. The van der Waals surface area contributed by atoms with E-state index in [9.17, 15) is 18.0 Å². The van der Waals surface area contributed by atoms with E-state index in [1.165, 1.54) is 24.3 Å². The maximum Gasteiger partial charge on any atom is 0.312 e. The zero-order chi connectivity index (χ0) is 14.5. The second-order valence-corrected chi connectivity index (χ2v) is 5.41. The maximum atomic E-state index is 11.6. The summed E-state index contributed by atoms with van der Waals surface area (Å²) in [5, 5.41) is 10.8. The lowest BCUT2D eigenvalue weighted by atomic mass is 10.3. The highest BCUT2D eigenvalue weighted by molar-refractivity contribution is 7.89. The van der Waals surface area contributed by atoms with E-state index in [2.05, 4.69) is 10.0 Å². The van der Waals surface area contributed by atoms with Gasteiger partial charge in [-0.1, -0.05) is 6.92 Å². The first-order valence-electron chi connectivity index (χ1n) is 5.46. The third kappa shape index (κ3) is 4.68. The number of nitrogens with one attached hydrogen (secondary N) is 2. The highest BCUT2D eigenvalue weighted by atomic mass is 32.2. The fraction of sp³-hybridized carbons (Fsp3) is 0.273. The molecule has 1 aromatic rings. The predicted molar refractivity (Wildman–Crippen MR) is 68.2 cm³/mol. The van der Waals surface area contributed by atoms with E-state index in [0.717, 1.165) is 0 Å². The van der Waals surface area contributed by atoms with E-state index in [1.807, 2.05) is 0 Å². The highest BCUT2D eigenvalue weighted by Crippen LogP contribution is 2.14. The van der Waals surface area contributed by atoms with Crippen molar-refractivity contribution >= 4 is 27.6 Å². The number of amides is 1. The minimum atomic E-state index is -3.53. The van der Waals surface area contributed by atoms with E-state index in [-0.39, 0.29) is 11.4 Å². The van der Waals surface area contributed by atoms with Gasteiger partial charge in [-0.05, 0) is 24.3 Å². The van der Waals surface area contributed by atoms with Crippen LogP contribution in [0.25, 0.3) is 0 Å². The number of aliphatic carboxylic acids is 1. The molecule has 0 saturated heterocycles. The fourth-order valence-electron chi connectivity index (χ4n) is 1.33. The SMILES string of the molecule is CCNS(=O)(=O)c1ccc(NC(=O)CC(=O)O)cc1. The van der Waals surface area contributed by atoms with E-state index < -0.39 is 28.3 Å². The van der Waals surface area contributed by atoms with Gasteiger partial charge in [-0.2, -0.15) is 0 Å². The number of anilines is 1.